The molecule has 0 bridgehead atoms. The summed E-state index contributed by atoms with van der Waals surface area (Å²) >= 11 is 0. The van der Waals surface area contributed by atoms with Gasteiger partial charge in [-0.2, -0.15) is 0 Å². The number of aliphatic hydroxyl groups excluding tert-OH is 1. The first kappa shape index (κ1) is 17.0. The molecular weight excluding hydrogens is 300 g/mol. The van der Waals surface area contributed by atoms with Gasteiger partial charge in [0.2, 0.25) is 0 Å². The van der Waals surface area contributed by atoms with Gasteiger partial charge in [0.25, 0.3) is 0 Å². The second kappa shape index (κ2) is 5.81. The molecule has 4 aliphatic rings. The van der Waals surface area contributed by atoms with Crippen LogP contribution in [0.2, 0.25) is 0 Å². The van der Waals surface area contributed by atoms with Gasteiger partial charge in [-0.05, 0) is 99.7 Å². The Balaban J connectivity index is 1.54. The molecule has 8 atom stereocenters. The van der Waals surface area contributed by atoms with E-state index < -0.39 is 5.60 Å². The maximum absolute atomic E-state index is 12.3. The number of hydrogen-bond acceptors (Lipinski definition) is 3. The fourth-order valence-corrected chi connectivity index (χ4v) is 7.72. The summed E-state index contributed by atoms with van der Waals surface area (Å²) in [6.07, 6.45) is 10.3. The summed E-state index contributed by atoms with van der Waals surface area (Å²) in [7, 11) is 0. The van der Waals surface area contributed by atoms with E-state index in [1.165, 1.54) is 32.1 Å². The fourth-order valence-electron chi connectivity index (χ4n) is 7.72. The number of carbonyl (C=O) groups is 1. The minimum absolute atomic E-state index is 0.0841. The summed E-state index contributed by atoms with van der Waals surface area (Å²) in [5, 5.41) is 19.8. The van der Waals surface area contributed by atoms with Crippen LogP contribution in [0.5, 0.6) is 0 Å². The first-order valence-electron chi connectivity index (χ1n) is 10.2. The van der Waals surface area contributed by atoms with Crippen LogP contribution in [0.1, 0.15) is 71.6 Å². The van der Waals surface area contributed by atoms with Crippen molar-refractivity contribution in [3.63, 3.8) is 0 Å². The Hall–Kier alpha value is -0.410. The van der Waals surface area contributed by atoms with Crippen LogP contribution in [0.3, 0.4) is 0 Å². The van der Waals surface area contributed by atoms with E-state index >= 15 is 0 Å². The minimum Gasteiger partial charge on any atom is -0.390 e. The van der Waals surface area contributed by atoms with Gasteiger partial charge in [0.05, 0.1) is 5.60 Å². The van der Waals surface area contributed by atoms with Gasteiger partial charge in [0, 0.05) is 5.92 Å². The summed E-state index contributed by atoms with van der Waals surface area (Å²) in [5.74, 6) is 3.99. The molecule has 24 heavy (non-hydrogen) atoms. The van der Waals surface area contributed by atoms with Crippen molar-refractivity contribution in [2.24, 2.45) is 40.9 Å². The van der Waals surface area contributed by atoms with Crippen LogP contribution >= 0.6 is 0 Å². The molecule has 0 heterocycles. The van der Waals surface area contributed by atoms with E-state index in [1.807, 2.05) is 6.92 Å². The number of carbonyl (C=O) groups excluding carboxylic acids is 1. The highest BCUT2D eigenvalue weighted by molar-refractivity contribution is 5.83. The van der Waals surface area contributed by atoms with Crippen LogP contribution < -0.4 is 0 Å². The molecule has 1 unspecified atom stereocenters. The first-order valence-corrected chi connectivity index (χ1v) is 10.2. The summed E-state index contributed by atoms with van der Waals surface area (Å²) in [4.78, 5) is 12.3. The van der Waals surface area contributed by atoms with Gasteiger partial charge < -0.3 is 10.2 Å². The van der Waals surface area contributed by atoms with E-state index in [2.05, 4.69) is 6.92 Å². The molecule has 0 aliphatic heterocycles. The molecule has 3 heteroatoms. The van der Waals surface area contributed by atoms with Gasteiger partial charge in [-0.15, -0.1) is 0 Å². The number of fused-ring (bicyclic) bond motifs is 5. The van der Waals surface area contributed by atoms with Gasteiger partial charge in [-0.3, -0.25) is 4.79 Å². The van der Waals surface area contributed by atoms with Crippen LogP contribution in [-0.2, 0) is 4.79 Å². The third-order valence-corrected chi connectivity index (χ3v) is 8.78. The lowest BCUT2D eigenvalue weighted by Gasteiger charge is -2.56. The third kappa shape index (κ3) is 2.49. The SMILES string of the molecule is C[C@@]1(O)CCC2[C@@H](CC[C@@H]3[C@@H]2CC[C@]2(C)[C@@H](C(=O)CO)CC[C@@H]32)C1. The first-order chi connectivity index (χ1) is 11.4. The van der Waals surface area contributed by atoms with Crippen LogP contribution in [0.25, 0.3) is 0 Å². The Labute approximate surface area is 146 Å². The quantitative estimate of drug-likeness (QED) is 0.812. The van der Waals surface area contributed by atoms with Crippen molar-refractivity contribution >= 4 is 5.78 Å². The molecule has 2 N–H and O–H groups in total. The lowest BCUT2D eigenvalue weighted by molar-refractivity contribution is -0.134. The number of hydrogen-bond donors (Lipinski definition) is 2. The molecular formula is C21H34O3. The second-order valence-electron chi connectivity index (χ2n) is 9.97. The average Bonchev–Trinajstić information content (AvgIpc) is 2.90. The molecule has 0 radical (unpaired) electrons. The predicted octanol–water partition coefficient (Wildman–Crippen LogP) is 3.57. The lowest BCUT2D eigenvalue weighted by Crippen LogP contribution is -2.51. The van der Waals surface area contributed by atoms with Gasteiger partial charge in [0.1, 0.15) is 6.61 Å². The highest BCUT2D eigenvalue weighted by Crippen LogP contribution is 2.64. The van der Waals surface area contributed by atoms with Crippen LogP contribution in [0.15, 0.2) is 0 Å². The normalized spacial score (nSPS) is 53.8. The van der Waals surface area contributed by atoms with Gasteiger partial charge in [-0.1, -0.05) is 6.92 Å². The van der Waals surface area contributed by atoms with Crippen molar-refractivity contribution in [3.8, 4) is 0 Å². The molecule has 136 valence electrons. The van der Waals surface area contributed by atoms with E-state index in [0.29, 0.717) is 5.92 Å². The van der Waals surface area contributed by atoms with Crippen molar-refractivity contribution in [3.05, 3.63) is 0 Å². The molecule has 0 spiro atoms. The average molecular weight is 335 g/mol. The van der Waals surface area contributed by atoms with Crippen LogP contribution in [0.4, 0.5) is 0 Å². The zero-order valence-corrected chi connectivity index (χ0v) is 15.3. The number of ketones is 1. The Morgan fingerprint density at radius 3 is 2.46 bits per heavy atom. The van der Waals surface area contributed by atoms with Crippen molar-refractivity contribution < 1.29 is 15.0 Å². The Morgan fingerprint density at radius 1 is 0.958 bits per heavy atom. The Morgan fingerprint density at radius 2 is 1.71 bits per heavy atom. The maximum atomic E-state index is 12.3. The van der Waals surface area contributed by atoms with E-state index in [-0.39, 0.29) is 23.7 Å². The fraction of sp³-hybridized carbons (Fsp3) is 0.952. The summed E-state index contributed by atoms with van der Waals surface area (Å²) in [6, 6.07) is 0. The molecule has 4 fully saturated rings. The highest BCUT2D eigenvalue weighted by Gasteiger charge is 2.58. The van der Waals surface area contributed by atoms with E-state index in [9.17, 15) is 15.0 Å². The second-order valence-corrected chi connectivity index (χ2v) is 9.97. The van der Waals surface area contributed by atoms with Gasteiger partial charge in [-0.25, -0.2) is 0 Å². The van der Waals surface area contributed by atoms with Gasteiger partial charge in [0.15, 0.2) is 5.78 Å². The number of Topliss-reactive ketones (excluding diaryl/α,β-unsaturated/α-hetero) is 1. The lowest BCUT2D eigenvalue weighted by atomic mass is 9.49. The minimum atomic E-state index is -0.441. The van der Waals surface area contributed by atoms with Crippen molar-refractivity contribution in [1.29, 1.82) is 0 Å². The summed E-state index contributed by atoms with van der Waals surface area (Å²) in [5.41, 5.74) is -0.308. The predicted molar refractivity (Wildman–Crippen MR) is 93.3 cm³/mol. The van der Waals surface area contributed by atoms with E-state index in [1.54, 1.807) is 0 Å². The Bertz CT molecular complexity index is 513. The Kier molecular flexibility index (Phi) is 4.12. The number of aliphatic hydroxyl groups is 2. The number of rotatable bonds is 2. The molecule has 4 aliphatic carbocycles. The smallest absolute Gasteiger partial charge is 0.161 e. The molecule has 4 saturated carbocycles. The molecule has 0 amide bonds. The van der Waals surface area contributed by atoms with Crippen LogP contribution in [-0.4, -0.2) is 28.2 Å². The van der Waals surface area contributed by atoms with Crippen LogP contribution in [0, 0.1) is 40.9 Å². The zero-order chi connectivity index (χ0) is 17.1. The van der Waals surface area contributed by atoms with E-state index in [0.717, 1.165) is 49.4 Å². The highest BCUT2D eigenvalue weighted by atomic mass is 16.3. The maximum Gasteiger partial charge on any atom is 0.161 e. The summed E-state index contributed by atoms with van der Waals surface area (Å²) in [6.45, 7) is 4.09. The monoisotopic (exact) mass is 334 g/mol. The van der Waals surface area contributed by atoms with Crippen molar-refractivity contribution in [1.82, 2.24) is 0 Å². The topological polar surface area (TPSA) is 57.5 Å². The zero-order valence-electron chi connectivity index (χ0n) is 15.3. The van der Waals surface area contributed by atoms with Crippen molar-refractivity contribution in [2.45, 2.75) is 77.2 Å². The standard InChI is InChI=1S/C21H34O3/c1-20(24)9-7-14-13(11-20)3-4-16-15(14)8-10-21(2)17(16)5-6-18(21)19(23)12-22/h13-18,22,24H,3-12H2,1-2H3/t13-,14?,15+,16+,17-,18+,20+,21-/m0/s1. The molecule has 0 aromatic carbocycles. The third-order valence-electron chi connectivity index (χ3n) is 8.78. The molecule has 0 aromatic rings. The van der Waals surface area contributed by atoms with Crippen molar-refractivity contribution in [2.75, 3.05) is 6.61 Å². The largest absolute Gasteiger partial charge is 0.390 e. The van der Waals surface area contributed by atoms with E-state index in [4.69, 9.17) is 0 Å². The molecule has 0 saturated heterocycles. The molecule has 0 aromatic heterocycles. The molecule has 4 rings (SSSR count). The van der Waals surface area contributed by atoms with Gasteiger partial charge >= 0.3 is 0 Å². The molecule has 3 nitrogen and oxygen atoms in total. The summed E-state index contributed by atoms with van der Waals surface area (Å²) < 4.78 is 0.